The summed E-state index contributed by atoms with van der Waals surface area (Å²) in [6.45, 7) is -1.18. The van der Waals surface area contributed by atoms with Crippen LogP contribution < -0.4 is 20.7 Å². The second kappa shape index (κ2) is 8.53. The highest BCUT2D eigenvalue weighted by atomic mass is 35.5. The molecule has 0 bridgehead atoms. The van der Waals surface area contributed by atoms with Crippen LogP contribution in [0.1, 0.15) is 18.5 Å². The Morgan fingerprint density at radius 2 is 1.89 bits per heavy atom. The Kier molecular flexibility index (Phi) is 6.11. The number of carbonyl (C=O) groups is 1. The van der Waals surface area contributed by atoms with Crippen molar-refractivity contribution in [3.8, 4) is 5.75 Å². The van der Waals surface area contributed by atoms with Crippen LogP contribution in [0.15, 0.2) is 59.8 Å². The summed E-state index contributed by atoms with van der Waals surface area (Å²) in [4.78, 5) is 13.0. The van der Waals surface area contributed by atoms with Crippen molar-refractivity contribution in [2.75, 3.05) is 5.32 Å². The summed E-state index contributed by atoms with van der Waals surface area (Å²) in [7, 11) is 0. The molecule has 3 N–H and O–H groups in total. The number of amides is 1. The first-order valence-corrected chi connectivity index (χ1v) is 9.02. The van der Waals surface area contributed by atoms with Crippen LogP contribution in [0.5, 0.6) is 5.75 Å². The number of benzene rings is 2. The van der Waals surface area contributed by atoms with Crippen molar-refractivity contribution in [2.24, 2.45) is 0 Å². The molecule has 28 heavy (non-hydrogen) atoms. The summed E-state index contributed by atoms with van der Waals surface area (Å²) in [6, 6.07) is 12.3. The van der Waals surface area contributed by atoms with Gasteiger partial charge in [0.05, 0.1) is 22.3 Å². The summed E-state index contributed by atoms with van der Waals surface area (Å²) in [5.74, 6) is -0.343. The molecule has 0 spiro atoms. The summed E-state index contributed by atoms with van der Waals surface area (Å²) in [5.41, 5.74) is 2.11. The second-order valence-corrected chi connectivity index (χ2v) is 6.77. The number of nitrogens with one attached hydrogen (secondary N) is 3. The fraction of sp³-hybridized carbons (Fsp3) is 0.158. The predicted molar refractivity (Wildman–Crippen MR) is 107 cm³/mol. The van der Waals surface area contributed by atoms with Crippen LogP contribution in [0, 0.1) is 0 Å². The molecule has 1 aliphatic rings. The maximum Gasteiger partial charge on any atom is 0.387 e. The molecular weight excluding hydrogens is 408 g/mol. The minimum Gasteiger partial charge on any atom is -0.435 e. The number of hydrogen-bond acceptors (Lipinski definition) is 3. The fourth-order valence-corrected chi connectivity index (χ4v) is 3.29. The molecule has 9 heteroatoms. The highest BCUT2D eigenvalue weighted by Gasteiger charge is 2.30. The number of halogens is 3. The number of hydrogen-bond donors (Lipinski definition) is 3. The van der Waals surface area contributed by atoms with Gasteiger partial charge >= 0.3 is 6.61 Å². The molecule has 2 aromatic rings. The zero-order valence-corrected chi connectivity index (χ0v) is 16.2. The number of para-hydroxylation sites is 1. The number of rotatable bonds is 5. The highest BCUT2D eigenvalue weighted by Crippen LogP contribution is 2.30. The molecule has 1 aliphatic heterocycles. The predicted octanol–water partition coefficient (Wildman–Crippen LogP) is 4.37. The average molecular weight is 424 g/mol. The standard InChI is InChI=1S/C19H16ClF2N3O2S/c1-10-15(17(26)24-14-5-3-2-4-13(14)20)16(25-19(28)23-10)11-6-8-12(9-7-11)27-18(21)22/h2-9,16,18H,1H3,(H,24,26)(H2,23,25,28). The van der Waals surface area contributed by atoms with Crippen molar-refractivity contribution in [1.82, 2.24) is 10.6 Å². The van der Waals surface area contributed by atoms with E-state index in [0.29, 0.717) is 32.7 Å². The van der Waals surface area contributed by atoms with Gasteiger partial charge in [0, 0.05) is 5.70 Å². The molecule has 1 unspecified atom stereocenters. The summed E-state index contributed by atoms with van der Waals surface area (Å²) in [6.07, 6.45) is 0. The van der Waals surface area contributed by atoms with Crippen LogP contribution in [0.3, 0.4) is 0 Å². The average Bonchev–Trinajstić information content (AvgIpc) is 2.63. The Hall–Kier alpha value is -2.71. The maximum atomic E-state index is 13.0. The molecule has 0 saturated carbocycles. The normalized spacial score (nSPS) is 16.5. The Morgan fingerprint density at radius 3 is 2.54 bits per heavy atom. The van der Waals surface area contributed by atoms with Crippen LogP contribution in [-0.4, -0.2) is 17.6 Å². The van der Waals surface area contributed by atoms with Crippen molar-refractivity contribution >= 4 is 40.5 Å². The third kappa shape index (κ3) is 4.58. The van der Waals surface area contributed by atoms with Gasteiger partial charge in [-0.05, 0) is 49.0 Å². The van der Waals surface area contributed by atoms with Gasteiger partial charge in [-0.25, -0.2) is 0 Å². The van der Waals surface area contributed by atoms with E-state index in [-0.39, 0.29) is 11.7 Å². The number of carbonyl (C=O) groups excluding carboxylic acids is 1. The number of alkyl halides is 2. The van der Waals surface area contributed by atoms with Gasteiger partial charge in [-0.1, -0.05) is 35.9 Å². The smallest absolute Gasteiger partial charge is 0.387 e. The molecule has 0 fully saturated rings. The van der Waals surface area contributed by atoms with Crippen LogP contribution in [-0.2, 0) is 4.79 Å². The third-order valence-corrected chi connectivity index (χ3v) is 4.62. The molecule has 1 amide bonds. The molecule has 146 valence electrons. The molecule has 2 aromatic carbocycles. The largest absolute Gasteiger partial charge is 0.435 e. The Balaban J connectivity index is 1.90. The van der Waals surface area contributed by atoms with E-state index in [1.54, 1.807) is 43.3 Å². The first-order valence-electron chi connectivity index (χ1n) is 8.24. The molecule has 5 nitrogen and oxygen atoms in total. The van der Waals surface area contributed by atoms with E-state index in [4.69, 9.17) is 23.8 Å². The molecule has 1 heterocycles. The molecule has 0 aromatic heterocycles. The van der Waals surface area contributed by atoms with Crippen molar-refractivity contribution in [1.29, 1.82) is 0 Å². The minimum absolute atomic E-state index is 0.0260. The topological polar surface area (TPSA) is 62.4 Å². The van der Waals surface area contributed by atoms with E-state index >= 15 is 0 Å². The van der Waals surface area contributed by atoms with Gasteiger partial charge in [0.2, 0.25) is 0 Å². The number of anilines is 1. The van der Waals surface area contributed by atoms with Crippen LogP contribution in [0.4, 0.5) is 14.5 Å². The van der Waals surface area contributed by atoms with E-state index in [1.807, 2.05) is 0 Å². The Labute approximate surface area is 170 Å². The van der Waals surface area contributed by atoms with Gasteiger partial charge < -0.3 is 20.7 Å². The van der Waals surface area contributed by atoms with Crippen LogP contribution in [0.25, 0.3) is 0 Å². The molecule has 0 aliphatic carbocycles. The minimum atomic E-state index is -2.91. The summed E-state index contributed by atoms with van der Waals surface area (Å²) >= 11 is 11.3. The van der Waals surface area contributed by atoms with E-state index < -0.39 is 12.7 Å². The lowest BCUT2D eigenvalue weighted by atomic mass is 9.95. The van der Waals surface area contributed by atoms with Crippen LogP contribution in [0.2, 0.25) is 5.02 Å². The van der Waals surface area contributed by atoms with Crippen LogP contribution >= 0.6 is 23.8 Å². The van der Waals surface area contributed by atoms with Gasteiger partial charge in [0.15, 0.2) is 5.11 Å². The molecular formula is C19H16ClF2N3O2S. The van der Waals surface area contributed by atoms with Gasteiger partial charge in [0.25, 0.3) is 5.91 Å². The summed E-state index contributed by atoms with van der Waals surface area (Å²) in [5, 5.41) is 9.51. The highest BCUT2D eigenvalue weighted by molar-refractivity contribution is 7.80. The zero-order valence-electron chi connectivity index (χ0n) is 14.6. The molecule has 3 rings (SSSR count). The zero-order chi connectivity index (χ0) is 20.3. The van der Waals surface area contributed by atoms with E-state index in [9.17, 15) is 13.6 Å². The van der Waals surface area contributed by atoms with Gasteiger partial charge in [-0.3, -0.25) is 4.79 Å². The first kappa shape index (κ1) is 20.0. The van der Waals surface area contributed by atoms with Crippen molar-refractivity contribution in [3.63, 3.8) is 0 Å². The van der Waals surface area contributed by atoms with E-state index in [2.05, 4.69) is 20.7 Å². The van der Waals surface area contributed by atoms with Gasteiger partial charge in [0.1, 0.15) is 5.75 Å². The van der Waals surface area contributed by atoms with Gasteiger partial charge in [-0.15, -0.1) is 0 Å². The third-order valence-electron chi connectivity index (χ3n) is 4.07. The fourth-order valence-electron chi connectivity index (χ4n) is 2.84. The van der Waals surface area contributed by atoms with Crippen molar-refractivity contribution in [2.45, 2.75) is 19.6 Å². The first-order chi connectivity index (χ1) is 13.3. The lowest BCUT2D eigenvalue weighted by Gasteiger charge is -2.30. The van der Waals surface area contributed by atoms with E-state index in [0.717, 1.165) is 0 Å². The molecule has 0 saturated heterocycles. The van der Waals surface area contributed by atoms with Gasteiger partial charge in [-0.2, -0.15) is 8.78 Å². The Bertz CT molecular complexity index is 935. The van der Waals surface area contributed by atoms with Crippen molar-refractivity contribution in [3.05, 3.63) is 70.4 Å². The Morgan fingerprint density at radius 1 is 1.21 bits per heavy atom. The molecule has 1 atom stereocenters. The lowest BCUT2D eigenvalue weighted by Crippen LogP contribution is -2.45. The maximum absolute atomic E-state index is 13.0. The quantitative estimate of drug-likeness (QED) is 0.623. The van der Waals surface area contributed by atoms with E-state index in [1.165, 1.54) is 12.1 Å². The summed E-state index contributed by atoms with van der Waals surface area (Å²) < 4.78 is 29.1. The monoisotopic (exact) mass is 423 g/mol. The SMILES string of the molecule is CC1=C(C(=O)Nc2ccccc2Cl)C(c2ccc(OC(F)F)cc2)NC(=S)N1. The van der Waals surface area contributed by atoms with Crippen molar-refractivity contribution < 1.29 is 18.3 Å². The molecule has 0 radical (unpaired) electrons. The number of ether oxygens (including phenoxy) is 1. The lowest BCUT2D eigenvalue weighted by molar-refractivity contribution is -0.113. The number of thiocarbonyl (C=S) groups is 1. The second-order valence-electron chi connectivity index (χ2n) is 5.95. The number of allylic oxidation sites excluding steroid dienone is 1.